The van der Waals surface area contributed by atoms with Gasteiger partial charge >= 0.3 is 0 Å². The normalized spacial score (nSPS) is 17.1. The zero-order valence-electron chi connectivity index (χ0n) is 9.32. The predicted molar refractivity (Wildman–Crippen MR) is 54.4 cm³/mol. The van der Waals surface area contributed by atoms with Crippen molar-refractivity contribution in [2.75, 3.05) is 34.3 Å². The molecule has 0 aromatic heterocycles. The second-order valence-electron chi connectivity index (χ2n) is 4.82. The van der Waals surface area contributed by atoms with Crippen LogP contribution in [-0.4, -0.2) is 55.1 Å². The molecule has 0 aliphatic rings. The molecule has 13 heavy (non-hydrogen) atoms. The Morgan fingerprint density at radius 2 is 1.77 bits per heavy atom. The van der Waals surface area contributed by atoms with Gasteiger partial charge in [0.25, 0.3) is 0 Å². The fraction of sp³-hybridized carbons (Fsp3) is 1.00. The lowest BCUT2D eigenvalue weighted by Crippen LogP contribution is -2.42. The van der Waals surface area contributed by atoms with Gasteiger partial charge in [0, 0.05) is 6.61 Å². The van der Waals surface area contributed by atoms with Crippen LogP contribution in [0.4, 0.5) is 0 Å². The van der Waals surface area contributed by atoms with Crippen LogP contribution in [0.1, 0.15) is 19.8 Å². The third kappa shape index (κ3) is 6.99. The molecule has 2 unspecified atom stereocenters. The lowest BCUT2D eigenvalue weighted by Gasteiger charge is -2.28. The van der Waals surface area contributed by atoms with E-state index in [0.717, 1.165) is 17.4 Å². The summed E-state index contributed by atoms with van der Waals surface area (Å²) in [5.74, 6) is 0.251. The first-order valence-corrected chi connectivity index (χ1v) is 4.98. The standard InChI is InChI=1S/C10H24NO2/c1-5-9(8-12)6-10(13)7-11(2,3)4/h9-10,12-13H,5-8H2,1-4H3/q+1. The Bertz CT molecular complexity index is 127. The molecule has 2 atom stereocenters. The number of nitrogens with zero attached hydrogens (tertiary/aromatic N) is 1. The van der Waals surface area contributed by atoms with Crippen LogP contribution in [0.5, 0.6) is 0 Å². The summed E-state index contributed by atoms with van der Waals surface area (Å²) < 4.78 is 0.767. The number of likely N-dealkylation sites (N-methyl/N-ethyl adjacent to an activating group) is 1. The van der Waals surface area contributed by atoms with E-state index in [9.17, 15) is 5.11 Å². The number of hydrogen-bond donors (Lipinski definition) is 2. The first-order valence-electron chi connectivity index (χ1n) is 4.98. The highest BCUT2D eigenvalue weighted by Crippen LogP contribution is 2.11. The molecule has 0 aromatic carbocycles. The third-order valence-corrected chi connectivity index (χ3v) is 2.20. The maximum atomic E-state index is 9.69. The molecule has 0 saturated carbocycles. The highest BCUT2D eigenvalue weighted by atomic mass is 16.3. The maximum absolute atomic E-state index is 9.69. The molecule has 0 aliphatic carbocycles. The molecule has 3 heteroatoms. The molecule has 0 spiro atoms. The van der Waals surface area contributed by atoms with Crippen molar-refractivity contribution in [2.45, 2.75) is 25.9 Å². The monoisotopic (exact) mass is 190 g/mol. The molecule has 0 amide bonds. The fourth-order valence-electron chi connectivity index (χ4n) is 1.46. The molecule has 0 aliphatic heterocycles. The topological polar surface area (TPSA) is 40.5 Å². The van der Waals surface area contributed by atoms with Crippen molar-refractivity contribution >= 4 is 0 Å². The van der Waals surface area contributed by atoms with Crippen molar-refractivity contribution in [1.82, 2.24) is 0 Å². The molecular weight excluding hydrogens is 166 g/mol. The molecule has 3 nitrogen and oxygen atoms in total. The van der Waals surface area contributed by atoms with E-state index in [1.165, 1.54) is 0 Å². The summed E-state index contributed by atoms with van der Waals surface area (Å²) >= 11 is 0. The van der Waals surface area contributed by atoms with E-state index in [2.05, 4.69) is 21.1 Å². The lowest BCUT2D eigenvalue weighted by atomic mass is 9.99. The van der Waals surface area contributed by atoms with E-state index >= 15 is 0 Å². The first-order chi connectivity index (χ1) is 5.89. The summed E-state index contributed by atoms with van der Waals surface area (Å²) in [7, 11) is 6.18. The molecule has 0 rings (SSSR count). The average Bonchev–Trinajstić information content (AvgIpc) is 1.96. The Morgan fingerprint density at radius 1 is 1.23 bits per heavy atom. The minimum atomic E-state index is -0.294. The van der Waals surface area contributed by atoms with E-state index < -0.39 is 0 Å². The Kier molecular flexibility index (Phi) is 5.53. The van der Waals surface area contributed by atoms with Gasteiger partial charge in [0.1, 0.15) is 12.6 Å². The minimum absolute atomic E-state index is 0.185. The van der Waals surface area contributed by atoms with Crippen LogP contribution < -0.4 is 0 Å². The van der Waals surface area contributed by atoms with E-state index in [0.29, 0.717) is 6.42 Å². The van der Waals surface area contributed by atoms with Crippen molar-refractivity contribution in [3.05, 3.63) is 0 Å². The van der Waals surface area contributed by atoms with Gasteiger partial charge < -0.3 is 14.7 Å². The van der Waals surface area contributed by atoms with E-state index in [-0.39, 0.29) is 18.6 Å². The molecule has 0 heterocycles. The van der Waals surface area contributed by atoms with Gasteiger partial charge in [-0.25, -0.2) is 0 Å². The van der Waals surface area contributed by atoms with Crippen molar-refractivity contribution in [3.8, 4) is 0 Å². The molecule has 0 saturated heterocycles. The SMILES string of the molecule is CCC(CO)CC(O)C[N+](C)(C)C. The number of aliphatic hydroxyl groups is 2. The molecule has 0 aromatic rings. The number of rotatable bonds is 6. The fourth-order valence-corrected chi connectivity index (χ4v) is 1.46. The number of aliphatic hydroxyl groups excluding tert-OH is 2. The van der Waals surface area contributed by atoms with E-state index in [1.54, 1.807) is 0 Å². The molecule has 0 bridgehead atoms. The smallest absolute Gasteiger partial charge is 0.104 e. The molecule has 0 fully saturated rings. The molecular formula is C10H24NO2+. The second-order valence-corrected chi connectivity index (χ2v) is 4.82. The Labute approximate surface area is 81.6 Å². The summed E-state index contributed by atoms with van der Waals surface area (Å²) in [5, 5.41) is 18.6. The van der Waals surface area contributed by atoms with Gasteiger partial charge in [-0.3, -0.25) is 0 Å². The molecule has 2 N–H and O–H groups in total. The van der Waals surface area contributed by atoms with Gasteiger partial charge in [-0.15, -0.1) is 0 Å². The number of hydrogen-bond acceptors (Lipinski definition) is 2. The minimum Gasteiger partial charge on any atom is -0.396 e. The van der Waals surface area contributed by atoms with Gasteiger partial charge in [-0.1, -0.05) is 13.3 Å². The summed E-state index contributed by atoms with van der Waals surface area (Å²) in [6.07, 6.45) is 1.35. The number of quaternary nitrogens is 1. The van der Waals surface area contributed by atoms with Crippen LogP contribution in [0.15, 0.2) is 0 Å². The maximum Gasteiger partial charge on any atom is 0.104 e. The predicted octanol–water partition coefficient (Wildman–Crippen LogP) is 0.462. The first kappa shape index (κ1) is 12.9. The Balaban J connectivity index is 3.79. The van der Waals surface area contributed by atoms with Crippen LogP contribution in [0.25, 0.3) is 0 Å². The van der Waals surface area contributed by atoms with Crippen LogP contribution in [0.3, 0.4) is 0 Å². The quantitative estimate of drug-likeness (QED) is 0.597. The summed E-state index contributed by atoms with van der Waals surface area (Å²) in [6, 6.07) is 0. The Morgan fingerprint density at radius 3 is 2.08 bits per heavy atom. The zero-order valence-corrected chi connectivity index (χ0v) is 9.32. The second kappa shape index (κ2) is 5.58. The van der Waals surface area contributed by atoms with Crippen LogP contribution >= 0.6 is 0 Å². The van der Waals surface area contributed by atoms with Crippen LogP contribution in [0.2, 0.25) is 0 Å². The van der Waals surface area contributed by atoms with Gasteiger partial charge in [0.15, 0.2) is 0 Å². The van der Waals surface area contributed by atoms with Crippen LogP contribution in [-0.2, 0) is 0 Å². The highest BCUT2D eigenvalue weighted by Gasteiger charge is 2.18. The largest absolute Gasteiger partial charge is 0.396 e. The van der Waals surface area contributed by atoms with Gasteiger partial charge in [-0.2, -0.15) is 0 Å². The summed E-state index contributed by atoms with van der Waals surface area (Å²) in [5.41, 5.74) is 0. The van der Waals surface area contributed by atoms with Crippen molar-refractivity contribution < 1.29 is 14.7 Å². The van der Waals surface area contributed by atoms with Gasteiger partial charge in [0.05, 0.1) is 21.1 Å². The highest BCUT2D eigenvalue weighted by molar-refractivity contribution is 4.62. The average molecular weight is 190 g/mol. The third-order valence-electron chi connectivity index (χ3n) is 2.20. The van der Waals surface area contributed by atoms with Crippen molar-refractivity contribution in [2.24, 2.45) is 5.92 Å². The van der Waals surface area contributed by atoms with Gasteiger partial charge in [0.2, 0.25) is 0 Å². The zero-order chi connectivity index (χ0) is 10.5. The Hall–Kier alpha value is -0.120. The van der Waals surface area contributed by atoms with Crippen LogP contribution in [0, 0.1) is 5.92 Å². The molecule has 0 radical (unpaired) electrons. The summed E-state index contributed by atoms with van der Waals surface area (Å²) in [6.45, 7) is 2.97. The van der Waals surface area contributed by atoms with Gasteiger partial charge in [-0.05, 0) is 12.3 Å². The van der Waals surface area contributed by atoms with E-state index in [1.807, 2.05) is 6.92 Å². The van der Waals surface area contributed by atoms with Crippen molar-refractivity contribution in [3.63, 3.8) is 0 Å². The lowest BCUT2D eigenvalue weighted by molar-refractivity contribution is -0.873. The van der Waals surface area contributed by atoms with Crippen molar-refractivity contribution in [1.29, 1.82) is 0 Å². The summed E-state index contributed by atoms with van der Waals surface area (Å²) in [4.78, 5) is 0. The van der Waals surface area contributed by atoms with E-state index in [4.69, 9.17) is 5.11 Å². The molecule has 80 valence electrons.